The Morgan fingerprint density at radius 2 is 1.81 bits per heavy atom. The molecule has 1 aromatic heterocycles. The largest absolute Gasteiger partial charge is 0.462 e. The van der Waals surface area contributed by atoms with Crippen LogP contribution in [0.1, 0.15) is 80.1 Å². The number of nitrogens with zero attached hydrogens (tertiary/aromatic N) is 1. The lowest BCUT2D eigenvalue weighted by Gasteiger charge is -2.38. The molecule has 1 aromatic rings. The molecular weight excluding hydrogens is 360 g/mol. The van der Waals surface area contributed by atoms with Gasteiger partial charge in [0, 0.05) is 17.0 Å². The number of ether oxygens (including phenoxy) is 1. The van der Waals surface area contributed by atoms with Crippen molar-refractivity contribution in [1.29, 1.82) is 0 Å². The SMILES string of the molecule is CCOC(=O)c1c(NC(=O)CN2C(C)CCCC2C)sc2c1CCCCC2. The molecule has 0 bridgehead atoms. The van der Waals surface area contributed by atoms with E-state index in [9.17, 15) is 9.59 Å². The Hall–Kier alpha value is -1.40. The predicted molar refractivity (Wildman–Crippen MR) is 110 cm³/mol. The van der Waals surface area contributed by atoms with Crippen molar-refractivity contribution in [3.63, 3.8) is 0 Å². The van der Waals surface area contributed by atoms with Crippen LogP contribution in [0.25, 0.3) is 0 Å². The van der Waals surface area contributed by atoms with Gasteiger partial charge in [0.15, 0.2) is 0 Å². The minimum absolute atomic E-state index is 0.0300. The monoisotopic (exact) mass is 392 g/mol. The highest BCUT2D eigenvalue weighted by molar-refractivity contribution is 7.17. The van der Waals surface area contributed by atoms with E-state index in [0.29, 0.717) is 35.8 Å². The molecule has 2 unspecified atom stereocenters. The van der Waals surface area contributed by atoms with Crippen molar-refractivity contribution in [2.75, 3.05) is 18.5 Å². The first-order valence-corrected chi connectivity index (χ1v) is 11.2. The van der Waals surface area contributed by atoms with Gasteiger partial charge in [0.05, 0.1) is 18.7 Å². The Balaban J connectivity index is 1.79. The number of rotatable bonds is 5. The van der Waals surface area contributed by atoms with Crippen LogP contribution in [-0.4, -0.2) is 42.0 Å². The first-order valence-electron chi connectivity index (χ1n) is 10.4. The molecule has 5 nitrogen and oxygen atoms in total. The Bertz CT molecular complexity index is 675. The van der Waals surface area contributed by atoms with Gasteiger partial charge < -0.3 is 10.1 Å². The highest BCUT2D eigenvalue weighted by Crippen LogP contribution is 2.38. The standard InChI is InChI=1S/C21H32N2O3S/c1-4-26-21(25)19-16-11-6-5-7-12-17(16)27-20(19)22-18(24)13-23-14(2)9-8-10-15(23)3/h14-15H,4-13H2,1-3H3,(H,22,24). The minimum Gasteiger partial charge on any atom is -0.462 e. The quantitative estimate of drug-likeness (QED) is 0.596. The number of fused-ring (bicyclic) bond motifs is 1. The van der Waals surface area contributed by atoms with Crippen LogP contribution in [0.3, 0.4) is 0 Å². The number of amides is 1. The van der Waals surface area contributed by atoms with Crippen LogP contribution in [0, 0.1) is 0 Å². The van der Waals surface area contributed by atoms with Crippen molar-refractivity contribution < 1.29 is 14.3 Å². The number of aryl methyl sites for hydroxylation is 1. The fraction of sp³-hybridized carbons (Fsp3) is 0.714. The summed E-state index contributed by atoms with van der Waals surface area (Å²) in [4.78, 5) is 28.9. The van der Waals surface area contributed by atoms with Gasteiger partial charge in [-0.1, -0.05) is 12.8 Å². The zero-order valence-corrected chi connectivity index (χ0v) is 17.6. The molecule has 3 rings (SSSR count). The van der Waals surface area contributed by atoms with Crippen molar-refractivity contribution in [2.45, 2.75) is 84.2 Å². The lowest BCUT2D eigenvalue weighted by atomic mass is 9.97. The maximum atomic E-state index is 12.8. The van der Waals surface area contributed by atoms with Crippen LogP contribution in [-0.2, 0) is 22.4 Å². The second-order valence-electron chi connectivity index (χ2n) is 7.84. The topological polar surface area (TPSA) is 58.6 Å². The third kappa shape index (κ3) is 4.72. The molecule has 1 saturated heterocycles. The first kappa shape index (κ1) is 20.3. The van der Waals surface area contributed by atoms with Crippen molar-refractivity contribution >= 4 is 28.2 Å². The summed E-state index contributed by atoms with van der Waals surface area (Å²) in [6.07, 6.45) is 8.82. The number of carbonyl (C=O) groups is 2. The zero-order chi connectivity index (χ0) is 19.4. The van der Waals surface area contributed by atoms with Gasteiger partial charge in [-0.05, 0) is 64.9 Å². The van der Waals surface area contributed by atoms with Crippen LogP contribution >= 0.6 is 11.3 Å². The molecule has 0 spiro atoms. The predicted octanol–water partition coefficient (Wildman–Crippen LogP) is 4.40. The van der Waals surface area contributed by atoms with E-state index < -0.39 is 0 Å². The summed E-state index contributed by atoms with van der Waals surface area (Å²) in [7, 11) is 0. The third-order valence-corrected chi connectivity index (χ3v) is 7.06. The van der Waals surface area contributed by atoms with Crippen molar-refractivity contribution in [1.82, 2.24) is 4.90 Å². The fourth-order valence-corrected chi connectivity index (χ4v) is 5.66. The molecule has 1 N–H and O–H groups in total. The second-order valence-corrected chi connectivity index (χ2v) is 8.94. The number of carbonyl (C=O) groups excluding carboxylic acids is 2. The average molecular weight is 393 g/mol. The molecule has 1 aliphatic heterocycles. The smallest absolute Gasteiger partial charge is 0.341 e. The van der Waals surface area contributed by atoms with E-state index in [4.69, 9.17) is 4.74 Å². The van der Waals surface area contributed by atoms with Crippen LogP contribution in [0.4, 0.5) is 5.00 Å². The Morgan fingerprint density at radius 3 is 2.52 bits per heavy atom. The van der Waals surface area contributed by atoms with E-state index in [1.807, 2.05) is 6.92 Å². The number of esters is 1. The van der Waals surface area contributed by atoms with Crippen LogP contribution in [0.15, 0.2) is 0 Å². The number of piperidine rings is 1. The summed E-state index contributed by atoms with van der Waals surface area (Å²) in [5, 5.41) is 3.74. The van der Waals surface area contributed by atoms with Gasteiger partial charge in [-0.25, -0.2) is 4.79 Å². The van der Waals surface area contributed by atoms with Gasteiger partial charge in [0.1, 0.15) is 5.00 Å². The summed E-state index contributed by atoms with van der Waals surface area (Å²) >= 11 is 1.57. The van der Waals surface area contributed by atoms with E-state index in [1.165, 1.54) is 17.7 Å². The van der Waals surface area contributed by atoms with Crippen molar-refractivity contribution in [2.24, 2.45) is 0 Å². The van der Waals surface area contributed by atoms with Gasteiger partial charge in [-0.15, -0.1) is 11.3 Å². The number of hydrogen-bond donors (Lipinski definition) is 1. The Kier molecular flexibility index (Phi) is 6.93. The molecule has 150 valence electrons. The number of anilines is 1. The van der Waals surface area contributed by atoms with E-state index in [1.54, 1.807) is 11.3 Å². The van der Waals surface area contributed by atoms with Gasteiger partial charge in [0.25, 0.3) is 0 Å². The highest BCUT2D eigenvalue weighted by Gasteiger charge is 2.29. The molecule has 1 aliphatic carbocycles. The average Bonchev–Trinajstić information content (AvgIpc) is 2.79. The first-order chi connectivity index (χ1) is 13.0. The Labute approximate surface area is 166 Å². The minimum atomic E-state index is -0.299. The van der Waals surface area contributed by atoms with Crippen LogP contribution in [0.2, 0.25) is 0 Å². The van der Waals surface area contributed by atoms with E-state index in [2.05, 4.69) is 24.1 Å². The lowest BCUT2D eigenvalue weighted by molar-refractivity contribution is -0.118. The highest BCUT2D eigenvalue weighted by atomic mass is 32.1. The summed E-state index contributed by atoms with van der Waals surface area (Å²) < 4.78 is 5.31. The normalized spacial score (nSPS) is 23.4. The number of thiophene rings is 1. The number of likely N-dealkylation sites (tertiary alicyclic amines) is 1. The molecule has 0 saturated carbocycles. The zero-order valence-electron chi connectivity index (χ0n) is 16.8. The molecule has 2 aliphatic rings. The Morgan fingerprint density at radius 1 is 1.11 bits per heavy atom. The van der Waals surface area contributed by atoms with Crippen LogP contribution in [0.5, 0.6) is 0 Å². The van der Waals surface area contributed by atoms with Crippen molar-refractivity contribution in [3.05, 3.63) is 16.0 Å². The molecule has 1 fully saturated rings. The maximum Gasteiger partial charge on any atom is 0.341 e. The molecule has 27 heavy (non-hydrogen) atoms. The summed E-state index contributed by atoms with van der Waals surface area (Å²) in [6, 6.07) is 0.841. The number of nitrogens with one attached hydrogen (secondary N) is 1. The molecule has 1 amide bonds. The maximum absolute atomic E-state index is 12.8. The molecule has 2 atom stereocenters. The summed E-state index contributed by atoms with van der Waals surface area (Å²) in [6.45, 7) is 6.94. The van der Waals surface area contributed by atoms with Gasteiger partial charge in [0.2, 0.25) is 5.91 Å². The molecular formula is C21H32N2O3S. The van der Waals surface area contributed by atoms with Crippen molar-refractivity contribution in [3.8, 4) is 0 Å². The summed E-state index contributed by atoms with van der Waals surface area (Å²) in [5.74, 6) is -0.329. The molecule has 6 heteroatoms. The second kappa shape index (κ2) is 9.20. The number of hydrogen-bond acceptors (Lipinski definition) is 5. The molecule has 2 heterocycles. The summed E-state index contributed by atoms with van der Waals surface area (Å²) in [5.41, 5.74) is 1.71. The van der Waals surface area contributed by atoms with E-state index in [-0.39, 0.29) is 11.9 Å². The molecule has 0 radical (unpaired) electrons. The third-order valence-electron chi connectivity index (χ3n) is 5.86. The molecule has 0 aromatic carbocycles. The van der Waals surface area contributed by atoms with Gasteiger partial charge >= 0.3 is 5.97 Å². The fourth-order valence-electron chi connectivity index (χ4n) is 4.37. The van der Waals surface area contributed by atoms with E-state index in [0.717, 1.165) is 44.1 Å². The van der Waals surface area contributed by atoms with Gasteiger partial charge in [-0.3, -0.25) is 9.69 Å². The van der Waals surface area contributed by atoms with E-state index >= 15 is 0 Å². The lowest BCUT2D eigenvalue weighted by Crippen LogP contribution is -2.47. The van der Waals surface area contributed by atoms with Gasteiger partial charge in [-0.2, -0.15) is 0 Å². The van der Waals surface area contributed by atoms with Crippen LogP contribution < -0.4 is 5.32 Å².